The SMILES string of the molecule is COCCNCc1cccc(Cl)c1OC1CCCOC1. The van der Waals surface area contributed by atoms with Gasteiger partial charge in [-0.25, -0.2) is 0 Å². The van der Waals surface area contributed by atoms with Gasteiger partial charge < -0.3 is 19.5 Å². The number of ether oxygens (including phenoxy) is 3. The summed E-state index contributed by atoms with van der Waals surface area (Å²) in [6.07, 6.45) is 2.15. The zero-order valence-electron chi connectivity index (χ0n) is 11.9. The first kappa shape index (κ1) is 15.6. The number of rotatable bonds is 7. The lowest BCUT2D eigenvalue weighted by Gasteiger charge is -2.25. The highest BCUT2D eigenvalue weighted by molar-refractivity contribution is 6.32. The summed E-state index contributed by atoms with van der Waals surface area (Å²) >= 11 is 6.27. The third kappa shape index (κ3) is 4.63. The van der Waals surface area contributed by atoms with Crippen LogP contribution >= 0.6 is 11.6 Å². The smallest absolute Gasteiger partial charge is 0.142 e. The molecule has 1 N–H and O–H groups in total. The molecule has 1 aliphatic heterocycles. The number of para-hydroxylation sites is 1. The lowest BCUT2D eigenvalue weighted by Crippen LogP contribution is -2.29. The van der Waals surface area contributed by atoms with Crippen LogP contribution in [0.15, 0.2) is 18.2 Å². The van der Waals surface area contributed by atoms with Crippen molar-refractivity contribution in [2.75, 3.05) is 33.5 Å². The van der Waals surface area contributed by atoms with Crippen LogP contribution in [0.3, 0.4) is 0 Å². The largest absolute Gasteiger partial charge is 0.486 e. The van der Waals surface area contributed by atoms with Gasteiger partial charge in [-0.2, -0.15) is 0 Å². The molecule has 0 saturated carbocycles. The Labute approximate surface area is 125 Å². The van der Waals surface area contributed by atoms with E-state index in [1.54, 1.807) is 7.11 Å². The summed E-state index contributed by atoms with van der Waals surface area (Å²) in [4.78, 5) is 0. The van der Waals surface area contributed by atoms with Gasteiger partial charge in [-0.3, -0.25) is 0 Å². The summed E-state index contributed by atoms with van der Waals surface area (Å²) in [5.74, 6) is 0.773. The van der Waals surface area contributed by atoms with E-state index in [0.717, 1.165) is 37.3 Å². The van der Waals surface area contributed by atoms with E-state index in [4.69, 9.17) is 25.8 Å². The van der Waals surface area contributed by atoms with Crippen molar-refractivity contribution < 1.29 is 14.2 Å². The van der Waals surface area contributed by atoms with Gasteiger partial charge in [0.15, 0.2) is 0 Å². The molecule has 5 heteroatoms. The molecule has 1 aromatic rings. The van der Waals surface area contributed by atoms with E-state index in [-0.39, 0.29) is 6.10 Å². The molecule has 1 unspecified atom stereocenters. The summed E-state index contributed by atoms with van der Waals surface area (Å²) in [6.45, 7) is 3.67. The Balaban J connectivity index is 1.97. The molecule has 0 amide bonds. The molecule has 112 valence electrons. The summed E-state index contributed by atoms with van der Waals surface area (Å²) in [5.41, 5.74) is 1.07. The fourth-order valence-electron chi connectivity index (χ4n) is 2.19. The second kappa shape index (κ2) is 8.47. The van der Waals surface area contributed by atoms with Gasteiger partial charge in [0, 0.05) is 32.4 Å². The predicted octanol–water partition coefficient (Wildman–Crippen LogP) is 2.63. The fraction of sp³-hybridized carbons (Fsp3) is 0.600. The second-order valence-electron chi connectivity index (χ2n) is 4.85. The number of methoxy groups -OCH3 is 1. The summed E-state index contributed by atoms with van der Waals surface area (Å²) in [6, 6.07) is 5.84. The van der Waals surface area contributed by atoms with E-state index in [1.807, 2.05) is 18.2 Å². The lowest BCUT2D eigenvalue weighted by molar-refractivity contribution is 0.00704. The summed E-state index contributed by atoms with van der Waals surface area (Å²) in [5, 5.41) is 3.97. The molecule has 1 aromatic carbocycles. The molecular weight excluding hydrogens is 278 g/mol. The molecule has 0 bridgehead atoms. The van der Waals surface area contributed by atoms with Crippen LogP contribution in [0.5, 0.6) is 5.75 Å². The van der Waals surface area contributed by atoms with Crippen molar-refractivity contribution in [2.45, 2.75) is 25.5 Å². The molecule has 1 atom stereocenters. The van der Waals surface area contributed by atoms with Gasteiger partial charge in [0.2, 0.25) is 0 Å². The Hall–Kier alpha value is -0.810. The third-order valence-electron chi connectivity index (χ3n) is 3.25. The molecule has 1 saturated heterocycles. The van der Waals surface area contributed by atoms with Gasteiger partial charge >= 0.3 is 0 Å². The summed E-state index contributed by atoms with van der Waals surface area (Å²) in [7, 11) is 1.69. The van der Waals surface area contributed by atoms with Gasteiger partial charge in [0.05, 0.1) is 18.2 Å². The maximum Gasteiger partial charge on any atom is 0.142 e. The zero-order chi connectivity index (χ0) is 14.2. The standard InChI is InChI=1S/C15H22ClNO3/c1-18-9-7-17-10-12-4-2-6-14(16)15(12)20-13-5-3-8-19-11-13/h2,4,6,13,17H,3,5,7-11H2,1H3. The van der Waals surface area contributed by atoms with E-state index < -0.39 is 0 Å². The van der Waals surface area contributed by atoms with Crippen LogP contribution in [0.25, 0.3) is 0 Å². The Kier molecular flexibility index (Phi) is 6.60. The highest BCUT2D eigenvalue weighted by Crippen LogP contribution is 2.30. The normalized spacial score (nSPS) is 19.0. The van der Waals surface area contributed by atoms with Crippen LogP contribution in [0.1, 0.15) is 18.4 Å². The topological polar surface area (TPSA) is 39.7 Å². The minimum atomic E-state index is 0.0985. The number of halogens is 1. The average molecular weight is 300 g/mol. The molecule has 2 rings (SSSR count). The van der Waals surface area contributed by atoms with Crippen molar-refractivity contribution in [3.63, 3.8) is 0 Å². The van der Waals surface area contributed by atoms with Gasteiger partial charge in [0.1, 0.15) is 11.9 Å². The minimum Gasteiger partial charge on any atom is -0.486 e. The molecule has 0 radical (unpaired) electrons. The van der Waals surface area contributed by atoms with E-state index >= 15 is 0 Å². The van der Waals surface area contributed by atoms with Crippen molar-refractivity contribution >= 4 is 11.6 Å². The fourth-order valence-corrected chi connectivity index (χ4v) is 2.43. The Morgan fingerprint density at radius 2 is 2.35 bits per heavy atom. The van der Waals surface area contributed by atoms with Gasteiger partial charge in [-0.1, -0.05) is 23.7 Å². The van der Waals surface area contributed by atoms with E-state index in [1.165, 1.54) is 0 Å². The summed E-state index contributed by atoms with van der Waals surface area (Å²) < 4.78 is 16.5. The van der Waals surface area contributed by atoms with E-state index in [0.29, 0.717) is 24.8 Å². The first-order valence-corrected chi connectivity index (χ1v) is 7.40. The lowest BCUT2D eigenvalue weighted by atomic mass is 10.1. The van der Waals surface area contributed by atoms with Crippen LogP contribution in [-0.2, 0) is 16.0 Å². The van der Waals surface area contributed by atoms with Crippen molar-refractivity contribution in [1.29, 1.82) is 0 Å². The van der Waals surface area contributed by atoms with Crippen molar-refractivity contribution in [3.8, 4) is 5.75 Å². The molecule has 0 spiro atoms. The van der Waals surface area contributed by atoms with Crippen molar-refractivity contribution in [3.05, 3.63) is 28.8 Å². The van der Waals surface area contributed by atoms with Crippen LogP contribution in [0.4, 0.5) is 0 Å². The van der Waals surface area contributed by atoms with Crippen LogP contribution in [-0.4, -0.2) is 39.6 Å². The van der Waals surface area contributed by atoms with Gasteiger partial charge in [-0.05, 0) is 18.9 Å². The first-order chi connectivity index (χ1) is 9.81. The van der Waals surface area contributed by atoms with E-state index in [2.05, 4.69) is 5.32 Å². The quantitative estimate of drug-likeness (QED) is 0.786. The molecule has 20 heavy (non-hydrogen) atoms. The van der Waals surface area contributed by atoms with Gasteiger partial charge in [0.25, 0.3) is 0 Å². The molecular formula is C15H22ClNO3. The number of hydrogen-bond donors (Lipinski definition) is 1. The van der Waals surface area contributed by atoms with Gasteiger partial charge in [-0.15, -0.1) is 0 Å². The first-order valence-electron chi connectivity index (χ1n) is 7.02. The van der Waals surface area contributed by atoms with E-state index in [9.17, 15) is 0 Å². The molecule has 1 heterocycles. The highest BCUT2D eigenvalue weighted by Gasteiger charge is 2.18. The number of nitrogens with one attached hydrogen (secondary N) is 1. The number of benzene rings is 1. The Morgan fingerprint density at radius 3 is 3.10 bits per heavy atom. The molecule has 1 aliphatic rings. The van der Waals surface area contributed by atoms with Crippen LogP contribution < -0.4 is 10.1 Å². The third-order valence-corrected chi connectivity index (χ3v) is 3.55. The zero-order valence-corrected chi connectivity index (χ0v) is 12.6. The Morgan fingerprint density at radius 1 is 1.45 bits per heavy atom. The molecule has 0 aromatic heterocycles. The predicted molar refractivity (Wildman–Crippen MR) is 79.5 cm³/mol. The maximum atomic E-state index is 6.27. The maximum absolute atomic E-state index is 6.27. The van der Waals surface area contributed by atoms with Crippen molar-refractivity contribution in [1.82, 2.24) is 5.32 Å². The molecule has 0 aliphatic carbocycles. The average Bonchev–Trinajstić information content (AvgIpc) is 2.48. The Bertz CT molecular complexity index is 408. The molecule has 4 nitrogen and oxygen atoms in total. The minimum absolute atomic E-state index is 0.0985. The molecule has 1 fully saturated rings. The monoisotopic (exact) mass is 299 g/mol. The van der Waals surface area contributed by atoms with Crippen LogP contribution in [0, 0.1) is 0 Å². The van der Waals surface area contributed by atoms with Crippen LogP contribution in [0.2, 0.25) is 5.02 Å². The highest BCUT2D eigenvalue weighted by atomic mass is 35.5. The number of hydrogen-bond acceptors (Lipinski definition) is 4. The van der Waals surface area contributed by atoms with Crippen molar-refractivity contribution in [2.24, 2.45) is 0 Å². The second-order valence-corrected chi connectivity index (χ2v) is 5.26.